The van der Waals surface area contributed by atoms with Gasteiger partial charge in [0.25, 0.3) is 5.56 Å². The predicted octanol–water partition coefficient (Wildman–Crippen LogP) is 2.93. The van der Waals surface area contributed by atoms with Gasteiger partial charge in [0, 0.05) is 37.0 Å². The van der Waals surface area contributed by atoms with E-state index in [0.717, 1.165) is 17.8 Å². The third-order valence-corrected chi connectivity index (χ3v) is 6.34. The summed E-state index contributed by atoms with van der Waals surface area (Å²) in [5.74, 6) is 0.528. The topological polar surface area (TPSA) is 99.8 Å². The Balaban J connectivity index is 1.71. The summed E-state index contributed by atoms with van der Waals surface area (Å²) in [6, 6.07) is 9.43. The summed E-state index contributed by atoms with van der Waals surface area (Å²) in [5, 5.41) is 9.38. The van der Waals surface area contributed by atoms with Gasteiger partial charge in [-0.15, -0.1) is 11.3 Å². The number of aromatic nitrogens is 4. The van der Waals surface area contributed by atoms with Crippen molar-refractivity contribution in [2.45, 2.75) is 26.7 Å². The number of nitrogens with one attached hydrogen (secondary N) is 1. The summed E-state index contributed by atoms with van der Waals surface area (Å²) in [4.78, 5) is 31.2. The van der Waals surface area contributed by atoms with E-state index in [4.69, 9.17) is 14.6 Å². The van der Waals surface area contributed by atoms with Crippen molar-refractivity contribution in [3.8, 4) is 22.7 Å². The number of methoxy groups -OCH3 is 2. The van der Waals surface area contributed by atoms with Crippen LogP contribution in [0.4, 0.5) is 0 Å². The molecule has 10 heteroatoms. The Labute approximate surface area is 201 Å². The number of carbonyl (C=O) groups is 1. The van der Waals surface area contributed by atoms with E-state index in [0.29, 0.717) is 46.5 Å². The third kappa shape index (κ3) is 4.59. The van der Waals surface area contributed by atoms with Gasteiger partial charge in [0.1, 0.15) is 17.1 Å². The van der Waals surface area contributed by atoms with Crippen LogP contribution in [0.25, 0.3) is 21.9 Å². The SMILES string of the molecule is COCCCNC(=O)Cc1csc2nc(C)c(-c3cc(C)n(-c4ccccc4OC)n3)c(=O)n12. The van der Waals surface area contributed by atoms with E-state index in [1.54, 1.807) is 31.2 Å². The van der Waals surface area contributed by atoms with Crippen LogP contribution in [0.5, 0.6) is 5.75 Å². The quantitative estimate of drug-likeness (QED) is 0.369. The zero-order valence-electron chi connectivity index (χ0n) is 19.6. The summed E-state index contributed by atoms with van der Waals surface area (Å²) in [7, 11) is 3.23. The number of ether oxygens (including phenoxy) is 2. The van der Waals surface area contributed by atoms with Gasteiger partial charge in [-0.1, -0.05) is 12.1 Å². The number of nitrogens with zero attached hydrogens (tertiary/aromatic N) is 4. The Morgan fingerprint density at radius 1 is 1.21 bits per heavy atom. The molecule has 9 nitrogen and oxygen atoms in total. The monoisotopic (exact) mass is 481 g/mol. The zero-order valence-corrected chi connectivity index (χ0v) is 20.4. The molecular weight excluding hydrogens is 454 g/mol. The highest BCUT2D eigenvalue weighted by Crippen LogP contribution is 2.27. The van der Waals surface area contributed by atoms with Gasteiger partial charge in [-0.05, 0) is 38.5 Å². The standard InChI is InChI=1S/C24H27N5O4S/c1-15-12-18(27-29(15)19-8-5-6-9-20(19)33-4)22-16(2)26-24-28(23(22)31)17(14-34-24)13-21(30)25-10-7-11-32-3/h5-6,8-9,12,14H,7,10-11,13H2,1-4H3,(H,25,30). The van der Waals surface area contributed by atoms with Gasteiger partial charge in [-0.2, -0.15) is 5.10 Å². The highest BCUT2D eigenvalue weighted by Gasteiger charge is 2.20. The van der Waals surface area contributed by atoms with E-state index < -0.39 is 0 Å². The Bertz CT molecular complexity index is 1390. The molecule has 0 saturated heterocycles. The molecule has 0 saturated carbocycles. The molecule has 1 aromatic carbocycles. The average molecular weight is 482 g/mol. The normalized spacial score (nSPS) is 11.2. The van der Waals surface area contributed by atoms with Crippen molar-refractivity contribution >= 4 is 22.2 Å². The maximum absolute atomic E-state index is 13.6. The maximum Gasteiger partial charge on any atom is 0.268 e. The molecule has 34 heavy (non-hydrogen) atoms. The number of hydrogen-bond donors (Lipinski definition) is 1. The van der Waals surface area contributed by atoms with Crippen molar-refractivity contribution in [2.24, 2.45) is 0 Å². The van der Waals surface area contributed by atoms with Crippen molar-refractivity contribution in [2.75, 3.05) is 27.4 Å². The number of amides is 1. The number of fused-ring (bicyclic) bond motifs is 1. The summed E-state index contributed by atoms with van der Waals surface area (Å²) in [6.07, 6.45) is 0.817. The van der Waals surface area contributed by atoms with E-state index in [1.807, 2.05) is 37.3 Å². The van der Waals surface area contributed by atoms with Crippen LogP contribution in [0.2, 0.25) is 0 Å². The van der Waals surface area contributed by atoms with Crippen molar-refractivity contribution in [3.63, 3.8) is 0 Å². The summed E-state index contributed by atoms with van der Waals surface area (Å²) in [6.45, 7) is 4.82. The third-order valence-electron chi connectivity index (χ3n) is 5.47. The number of thiazole rings is 1. The highest BCUT2D eigenvalue weighted by atomic mass is 32.1. The second-order valence-electron chi connectivity index (χ2n) is 7.85. The van der Waals surface area contributed by atoms with Gasteiger partial charge in [-0.25, -0.2) is 9.67 Å². The first kappa shape index (κ1) is 23.7. The second-order valence-corrected chi connectivity index (χ2v) is 8.69. The molecule has 0 fully saturated rings. The fourth-order valence-electron chi connectivity index (χ4n) is 3.84. The van der Waals surface area contributed by atoms with Crippen LogP contribution in [0.15, 0.2) is 40.5 Å². The van der Waals surface area contributed by atoms with E-state index in [2.05, 4.69) is 10.3 Å². The fourth-order valence-corrected chi connectivity index (χ4v) is 4.77. The van der Waals surface area contributed by atoms with E-state index in [9.17, 15) is 9.59 Å². The van der Waals surface area contributed by atoms with E-state index in [-0.39, 0.29) is 17.9 Å². The molecule has 0 aliphatic rings. The molecule has 0 atom stereocenters. The lowest BCUT2D eigenvalue weighted by Gasteiger charge is -2.09. The minimum atomic E-state index is -0.240. The van der Waals surface area contributed by atoms with Crippen LogP contribution in [-0.4, -0.2) is 52.4 Å². The molecular formula is C24H27N5O4S. The summed E-state index contributed by atoms with van der Waals surface area (Å²) < 4.78 is 13.7. The largest absolute Gasteiger partial charge is 0.494 e. The number of benzene rings is 1. The smallest absolute Gasteiger partial charge is 0.268 e. The van der Waals surface area contributed by atoms with Crippen LogP contribution < -0.4 is 15.6 Å². The number of para-hydroxylation sites is 2. The first-order chi connectivity index (χ1) is 16.4. The lowest BCUT2D eigenvalue weighted by Crippen LogP contribution is -2.28. The van der Waals surface area contributed by atoms with Crippen LogP contribution >= 0.6 is 11.3 Å². The minimum Gasteiger partial charge on any atom is -0.494 e. The van der Waals surface area contributed by atoms with Gasteiger partial charge in [0.05, 0.1) is 24.8 Å². The van der Waals surface area contributed by atoms with Gasteiger partial charge in [-0.3, -0.25) is 14.0 Å². The minimum absolute atomic E-state index is 0.0890. The Morgan fingerprint density at radius 2 is 2.00 bits per heavy atom. The molecule has 1 amide bonds. The zero-order chi connectivity index (χ0) is 24.2. The molecule has 0 aliphatic heterocycles. The van der Waals surface area contributed by atoms with Gasteiger partial charge in [0.2, 0.25) is 5.91 Å². The summed E-state index contributed by atoms with van der Waals surface area (Å²) >= 11 is 1.34. The van der Waals surface area contributed by atoms with E-state index >= 15 is 0 Å². The lowest BCUT2D eigenvalue weighted by molar-refractivity contribution is -0.120. The second kappa shape index (κ2) is 10.2. The predicted molar refractivity (Wildman–Crippen MR) is 131 cm³/mol. The van der Waals surface area contributed by atoms with Crippen LogP contribution in [0.3, 0.4) is 0 Å². The Kier molecular flexibility index (Phi) is 7.09. The number of carbonyl (C=O) groups excluding carboxylic acids is 1. The molecule has 1 N–H and O–H groups in total. The highest BCUT2D eigenvalue weighted by molar-refractivity contribution is 7.15. The van der Waals surface area contributed by atoms with Crippen LogP contribution in [-0.2, 0) is 16.0 Å². The molecule has 3 heterocycles. The molecule has 0 spiro atoms. The molecule has 4 aromatic rings. The van der Waals surface area contributed by atoms with Crippen molar-refractivity contribution in [1.29, 1.82) is 0 Å². The number of rotatable bonds is 9. The van der Waals surface area contributed by atoms with Gasteiger partial charge >= 0.3 is 0 Å². The Morgan fingerprint density at radius 3 is 2.76 bits per heavy atom. The fraction of sp³-hybridized carbons (Fsp3) is 0.333. The molecule has 0 bridgehead atoms. The Hall–Kier alpha value is -3.50. The van der Waals surface area contributed by atoms with Crippen molar-refractivity contribution in [3.05, 3.63) is 63.1 Å². The number of aryl methyl sites for hydroxylation is 2. The van der Waals surface area contributed by atoms with E-state index in [1.165, 1.54) is 15.7 Å². The van der Waals surface area contributed by atoms with Gasteiger partial charge in [0.15, 0.2) is 4.96 Å². The van der Waals surface area contributed by atoms with Crippen molar-refractivity contribution < 1.29 is 14.3 Å². The molecule has 0 radical (unpaired) electrons. The molecule has 0 aliphatic carbocycles. The first-order valence-electron chi connectivity index (χ1n) is 10.9. The average Bonchev–Trinajstić information content (AvgIpc) is 3.39. The van der Waals surface area contributed by atoms with Crippen molar-refractivity contribution in [1.82, 2.24) is 24.5 Å². The van der Waals surface area contributed by atoms with Crippen LogP contribution in [0, 0.1) is 13.8 Å². The first-order valence-corrected chi connectivity index (χ1v) is 11.8. The number of hydrogen-bond acceptors (Lipinski definition) is 7. The molecule has 178 valence electrons. The maximum atomic E-state index is 13.6. The molecule has 4 rings (SSSR count). The lowest BCUT2D eigenvalue weighted by atomic mass is 10.1. The van der Waals surface area contributed by atoms with Gasteiger partial charge < -0.3 is 14.8 Å². The molecule has 0 unspecified atom stereocenters. The molecule has 3 aromatic heterocycles. The summed E-state index contributed by atoms with van der Waals surface area (Å²) in [5.41, 5.74) is 3.52. The van der Waals surface area contributed by atoms with Crippen LogP contribution in [0.1, 0.15) is 23.5 Å².